The van der Waals surface area contributed by atoms with Crippen LogP contribution in [0.1, 0.15) is 40.0 Å². The third kappa shape index (κ3) is 6.99. The van der Waals surface area contributed by atoms with Crippen LogP contribution in [0.25, 0.3) is 0 Å². The molecule has 0 saturated heterocycles. The fraction of sp³-hybridized carbons (Fsp3) is 1.00. The van der Waals surface area contributed by atoms with Gasteiger partial charge in [-0.15, -0.1) is 0 Å². The van der Waals surface area contributed by atoms with Crippen molar-refractivity contribution in [2.45, 2.75) is 51.7 Å². The van der Waals surface area contributed by atoms with E-state index in [-0.39, 0.29) is 18.2 Å². The number of aliphatic hydroxyl groups is 1. The van der Waals surface area contributed by atoms with Crippen LogP contribution in [0.3, 0.4) is 0 Å². The van der Waals surface area contributed by atoms with Crippen molar-refractivity contribution < 1.29 is 9.84 Å². The Hall–Kier alpha value is -0.120. The molecule has 0 radical (unpaired) electrons. The van der Waals surface area contributed by atoms with Crippen LogP contribution in [-0.2, 0) is 4.74 Å². The fourth-order valence-corrected chi connectivity index (χ4v) is 0.935. The monoisotopic (exact) mass is 189 g/mol. The molecule has 0 aromatic rings. The van der Waals surface area contributed by atoms with E-state index >= 15 is 0 Å². The van der Waals surface area contributed by atoms with Crippen molar-refractivity contribution in [2.75, 3.05) is 13.2 Å². The minimum atomic E-state index is -0.112. The predicted molar refractivity (Wildman–Crippen MR) is 54.6 cm³/mol. The third-order valence-electron chi connectivity index (χ3n) is 2.42. The molecule has 0 heterocycles. The molecule has 0 amide bonds. The average molecular weight is 189 g/mol. The first kappa shape index (κ1) is 12.9. The molecule has 0 spiro atoms. The van der Waals surface area contributed by atoms with Crippen molar-refractivity contribution in [3.63, 3.8) is 0 Å². The van der Waals surface area contributed by atoms with E-state index in [2.05, 4.69) is 6.92 Å². The summed E-state index contributed by atoms with van der Waals surface area (Å²) in [6, 6.07) is 0. The molecule has 80 valence electrons. The Labute approximate surface area is 81.3 Å². The van der Waals surface area contributed by atoms with Gasteiger partial charge in [0, 0.05) is 18.8 Å². The number of rotatable bonds is 7. The summed E-state index contributed by atoms with van der Waals surface area (Å²) in [5.41, 5.74) is 5.83. The molecule has 3 N–H and O–H groups in total. The van der Waals surface area contributed by atoms with Gasteiger partial charge in [-0.25, -0.2) is 0 Å². The molecule has 3 heteroatoms. The summed E-state index contributed by atoms with van der Waals surface area (Å²) < 4.78 is 5.48. The summed E-state index contributed by atoms with van der Waals surface area (Å²) in [6.07, 6.45) is 2.68. The molecule has 3 nitrogen and oxygen atoms in total. The van der Waals surface area contributed by atoms with Crippen LogP contribution >= 0.6 is 0 Å². The van der Waals surface area contributed by atoms with Gasteiger partial charge in [-0.3, -0.25) is 0 Å². The van der Waals surface area contributed by atoms with Gasteiger partial charge in [-0.2, -0.15) is 0 Å². The zero-order valence-electron chi connectivity index (χ0n) is 9.05. The first-order chi connectivity index (χ1) is 6.02. The Bertz CT molecular complexity index is 126. The smallest absolute Gasteiger partial charge is 0.0568 e. The van der Waals surface area contributed by atoms with Gasteiger partial charge in [-0.1, -0.05) is 6.92 Å². The number of hydrogen-bond acceptors (Lipinski definition) is 3. The van der Waals surface area contributed by atoms with E-state index in [0.29, 0.717) is 13.0 Å². The van der Waals surface area contributed by atoms with E-state index in [1.807, 2.05) is 13.8 Å². The molecule has 0 saturated carbocycles. The van der Waals surface area contributed by atoms with Gasteiger partial charge in [0.05, 0.1) is 6.10 Å². The van der Waals surface area contributed by atoms with Gasteiger partial charge in [0.1, 0.15) is 0 Å². The Morgan fingerprint density at radius 1 is 1.54 bits per heavy atom. The molecular weight excluding hydrogens is 166 g/mol. The van der Waals surface area contributed by atoms with Crippen LogP contribution in [0.2, 0.25) is 0 Å². The SMILES string of the molecule is CCC(C)(N)CCOC(C)CCO. The van der Waals surface area contributed by atoms with Gasteiger partial charge in [-0.05, 0) is 33.1 Å². The summed E-state index contributed by atoms with van der Waals surface area (Å²) in [6.45, 7) is 6.96. The second-order valence-electron chi connectivity index (χ2n) is 3.95. The Kier molecular flexibility index (Phi) is 6.29. The maximum atomic E-state index is 8.64. The van der Waals surface area contributed by atoms with Crippen molar-refractivity contribution >= 4 is 0 Å². The molecule has 0 aliphatic heterocycles. The average Bonchev–Trinajstić information content (AvgIpc) is 2.05. The minimum absolute atomic E-state index is 0.112. The molecule has 2 unspecified atom stereocenters. The minimum Gasteiger partial charge on any atom is -0.396 e. The van der Waals surface area contributed by atoms with Gasteiger partial charge >= 0.3 is 0 Å². The number of aliphatic hydroxyl groups excluding tert-OH is 1. The molecule has 0 bridgehead atoms. The van der Waals surface area contributed by atoms with Gasteiger partial charge in [0.25, 0.3) is 0 Å². The van der Waals surface area contributed by atoms with E-state index in [1.165, 1.54) is 0 Å². The van der Waals surface area contributed by atoms with Crippen LogP contribution in [0.4, 0.5) is 0 Å². The highest BCUT2D eigenvalue weighted by molar-refractivity contribution is 4.75. The lowest BCUT2D eigenvalue weighted by Crippen LogP contribution is -2.36. The largest absolute Gasteiger partial charge is 0.396 e. The molecule has 0 aliphatic rings. The van der Waals surface area contributed by atoms with Gasteiger partial charge in [0.2, 0.25) is 0 Å². The normalized spacial score (nSPS) is 18.2. The lowest BCUT2D eigenvalue weighted by molar-refractivity contribution is 0.0383. The molecule has 2 atom stereocenters. The molecule has 0 aromatic heterocycles. The summed E-state index contributed by atoms with van der Waals surface area (Å²) in [4.78, 5) is 0. The first-order valence-corrected chi connectivity index (χ1v) is 5.03. The van der Waals surface area contributed by atoms with Crippen LogP contribution in [-0.4, -0.2) is 30.0 Å². The molecule has 0 fully saturated rings. The standard InChI is InChI=1S/C10H23NO2/c1-4-10(3,11)6-8-13-9(2)5-7-12/h9,12H,4-8,11H2,1-3H3. The number of nitrogens with two attached hydrogens (primary N) is 1. The van der Waals surface area contributed by atoms with E-state index in [4.69, 9.17) is 15.6 Å². The van der Waals surface area contributed by atoms with E-state index < -0.39 is 0 Å². The maximum absolute atomic E-state index is 8.64. The predicted octanol–water partition coefficient (Wildman–Crippen LogP) is 1.29. The fourth-order valence-electron chi connectivity index (χ4n) is 0.935. The van der Waals surface area contributed by atoms with E-state index in [9.17, 15) is 0 Å². The van der Waals surface area contributed by atoms with Crippen molar-refractivity contribution in [3.05, 3.63) is 0 Å². The summed E-state index contributed by atoms with van der Waals surface area (Å²) in [5.74, 6) is 0. The van der Waals surface area contributed by atoms with Crippen LogP contribution < -0.4 is 5.73 Å². The Morgan fingerprint density at radius 3 is 2.62 bits per heavy atom. The van der Waals surface area contributed by atoms with E-state index in [0.717, 1.165) is 12.8 Å². The van der Waals surface area contributed by atoms with Crippen molar-refractivity contribution in [3.8, 4) is 0 Å². The lowest BCUT2D eigenvalue weighted by Gasteiger charge is -2.23. The van der Waals surface area contributed by atoms with Crippen LogP contribution in [0, 0.1) is 0 Å². The number of hydrogen-bond donors (Lipinski definition) is 2. The molecule has 13 heavy (non-hydrogen) atoms. The highest BCUT2D eigenvalue weighted by Gasteiger charge is 2.15. The Balaban J connectivity index is 3.44. The van der Waals surface area contributed by atoms with Crippen molar-refractivity contribution in [2.24, 2.45) is 5.73 Å². The zero-order valence-corrected chi connectivity index (χ0v) is 9.05. The second kappa shape index (κ2) is 6.35. The van der Waals surface area contributed by atoms with Crippen LogP contribution in [0.15, 0.2) is 0 Å². The number of ether oxygens (including phenoxy) is 1. The third-order valence-corrected chi connectivity index (χ3v) is 2.42. The quantitative estimate of drug-likeness (QED) is 0.634. The highest BCUT2D eigenvalue weighted by atomic mass is 16.5. The summed E-state index contributed by atoms with van der Waals surface area (Å²) >= 11 is 0. The molecule has 0 rings (SSSR count). The maximum Gasteiger partial charge on any atom is 0.0568 e. The first-order valence-electron chi connectivity index (χ1n) is 5.03. The zero-order chi connectivity index (χ0) is 10.3. The highest BCUT2D eigenvalue weighted by Crippen LogP contribution is 2.10. The van der Waals surface area contributed by atoms with Crippen LogP contribution in [0.5, 0.6) is 0 Å². The molecule has 0 aliphatic carbocycles. The van der Waals surface area contributed by atoms with Crippen molar-refractivity contribution in [1.29, 1.82) is 0 Å². The van der Waals surface area contributed by atoms with Gasteiger partial charge < -0.3 is 15.6 Å². The lowest BCUT2D eigenvalue weighted by atomic mass is 9.97. The molecule has 0 aromatic carbocycles. The summed E-state index contributed by atoms with van der Waals surface area (Å²) in [5, 5.41) is 8.64. The topological polar surface area (TPSA) is 55.5 Å². The summed E-state index contributed by atoms with van der Waals surface area (Å²) in [7, 11) is 0. The van der Waals surface area contributed by atoms with Gasteiger partial charge in [0.15, 0.2) is 0 Å². The van der Waals surface area contributed by atoms with Crippen molar-refractivity contribution in [1.82, 2.24) is 0 Å². The Morgan fingerprint density at radius 2 is 2.15 bits per heavy atom. The molecular formula is C10H23NO2. The second-order valence-corrected chi connectivity index (χ2v) is 3.95. The van der Waals surface area contributed by atoms with E-state index in [1.54, 1.807) is 0 Å².